The van der Waals surface area contributed by atoms with Crippen LogP contribution in [-0.2, 0) is 12.8 Å². The van der Waals surface area contributed by atoms with Crippen molar-refractivity contribution in [2.24, 2.45) is 0 Å². The van der Waals surface area contributed by atoms with E-state index in [4.69, 9.17) is 4.74 Å². The number of fused-ring (bicyclic) bond motifs is 4. The largest absolute Gasteiger partial charge is 0.489 e. The van der Waals surface area contributed by atoms with Crippen molar-refractivity contribution in [2.45, 2.75) is 45.3 Å². The van der Waals surface area contributed by atoms with Crippen LogP contribution in [-0.4, -0.2) is 14.7 Å². The quantitative estimate of drug-likeness (QED) is 0.116. The first-order valence-corrected chi connectivity index (χ1v) is 19.7. The normalized spacial score (nSPS) is 12.6. The van der Waals surface area contributed by atoms with Gasteiger partial charge in [0.15, 0.2) is 0 Å². The van der Waals surface area contributed by atoms with Gasteiger partial charge in [-0.2, -0.15) is 0 Å². The molecule has 1 aliphatic carbocycles. The van der Waals surface area contributed by atoms with Crippen LogP contribution >= 0.6 is 0 Å². The lowest BCUT2D eigenvalue weighted by Gasteiger charge is -2.34. The van der Waals surface area contributed by atoms with Gasteiger partial charge in [-0.1, -0.05) is 161 Å². The first-order chi connectivity index (χ1) is 22.4. The summed E-state index contributed by atoms with van der Waals surface area (Å²) in [4.78, 5) is 0. The maximum absolute atomic E-state index is 6.57. The number of hydrogen-bond donors (Lipinski definition) is 0. The fourth-order valence-electron chi connectivity index (χ4n) is 7.47. The molecule has 0 saturated carbocycles. The molecular weight excluding hydrogens is 573 g/mol. The third kappa shape index (κ3) is 5.21. The molecule has 0 N–H and O–H groups in total. The summed E-state index contributed by atoms with van der Waals surface area (Å²) in [6.45, 7) is 14.0. The summed E-state index contributed by atoms with van der Waals surface area (Å²) in [6.07, 6.45) is 3.95. The van der Waals surface area contributed by atoms with Gasteiger partial charge in [-0.3, -0.25) is 0 Å². The van der Waals surface area contributed by atoms with E-state index < -0.39 is 8.07 Å². The van der Waals surface area contributed by atoms with Crippen molar-refractivity contribution >= 4 is 24.0 Å². The molecule has 0 amide bonds. The Bertz CT molecular complexity index is 1950. The Labute approximate surface area is 275 Å². The molecule has 2 heteroatoms. The van der Waals surface area contributed by atoms with Gasteiger partial charge in [0, 0.05) is 10.9 Å². The highest BCUT2D eigenvalue weighted by molar-refractivity contribution is 6.92. The van der Waals surface area contributed by atoms with Gasteiger partial charge in [-0.25, -0.2) is 0 Å². The Morgan fingerprint density at radius 3 is 1.67 bits per heavy atom. The number of rotatable bonds is 9. The topological polar surface area (TPSA) is 9.23 Å². The maximum Gasteiger partial charge on any atom is 0.126 e. The van der Waals surface area contributed by atoms with Gasteiger partial charge in [0.25, 0.3) is 0 Å². The first-order valence-electron chi connectivity index (χ1n) is 16.7. The second kappa shape index (κ2) is 12.3. The van der Waals surface area contributed by atoms with Crippen molar-refractivity contribution in [2.75, 3.05) is 6.61 Å². The molecule has 0 aromatic heterocycles. The average Bonchev–Trinajstić information content (AvgIpc) is 3.44. The lowest BCUT2D eigenvalue weighted by molar-refractivity contribution is 0.370. The number of ether oxygens (including phenoxy) is 1. The highest BCUT2D eigenvalue weighted by Gasteiger charge is 2.44. The second-order valence-corrected chi connectivity index (χ2v) is 17.7. The zero-order chi connectivity index (χ0) is 31.8. The predicted molar refractivity (Wildman–Crippen MR) is 200 cm³/mol. The molecule has 0 unspecified atom stereocenters. The Morgan fingerprint density at radius 2 is 1.15 bits per heavy atom. The summed E-state index contributed by atoms with van der Waals surface area (Å²) in [7, 11) is -2.30. The van der Waals surface area contributed by atoms with E-state index in [2.05, 4.69) is 155 Å². The molecule has 0 spiro atoms. The van der Waals surface area contributed by atoms with E-state index in [9.17, 15) is 0 Å². The van der Waals surface area contributed by atoms with Gasteiger partial charge in [-0.15, -0.1) is 0 Å². The highest BCUT2D eigenvalue weighted by atomic mass is 28.3. The molecule has 46 heavy (non-hydrogen) atoms. The highest BCUT2D eigenvalue weighted by Crippen LogP contribution is 2.51. The van der Waals surface area contributed by atoms with Crippen molar-refractivity contribution in [1.82, 2.24) is 0 Å². The van der Waals surface area contributed by atoms with Crippen molar-refractivity contribution < 1.29 is 4.74 Å². The summed E-state index contributed by atoms with van der Waals surface area (Å²) in [6, 6.07) is 45.8. The van der Waals surface area contributed by atoms with E-state index >= 15 is 0 Å². The summed E-state index contributed by atoms with van der Waals surface area (Å²) in [5.74, 6) is 1.02. The van der Waals surface area contributed by atoms with Gasteiger partial charge in [0.1, 0.15) is 12.4 Å². The van der Waals surface area contributed by atoms with Crippen LogP contribution in [0, 0.1) is 0 Å². The van der Waals surface area contributed by atoms with E-state index in [0.717, 1.165) is 18.6 Å². The van der Waals surface area contributed by atoms with Gasteiger partial charge in [0.2, 0.25) is 0 Å². The summed E-state index contributed by atoms with van der Waals surface area (Å²) < 4.78 is 6.57. The van der Waals surface area contributed by atoms with E-state index in [0.29, 0.717) is 6.61 Å². The van der Waals surface area contributed by atoms with Crippen molar-refractivity contribution in [3.63, 3.8) is 0 Å². The van der Waals surface area contributed by atoms with Crippen LogP contribution in [0.15, 0.2) is 134 Å². The fourth-order valence-corrected chi connectivity index (χ4v) is 11.1. The van der Waals surface area contributed by atoms with E-state index in [1.54, 1.807) is 0 Å². The molecule has 0 fully saturated rings. The molecule has 0 aliphatic heterocycles. The van der Waals surface area contributed by atoms with Crippen LogP contribution in [0.25, 0.3) is 44.2 Å². The molecule has 0 saturated heterocycles. The predicted octanol–water partition coefficient (Wildman–Crippen LogP) is 11.1. The third-order valence-electron chi connectivity index (χ3n) is 10.0. The Balaban J connectivity index is 1.43. The molecule has 0 bridgehead atoms. The zero-order valence-corrected chi connectivity index (χ0v) is 28.4. The van der Waals surface area contributed by atoms with Crippen molar-refractivity contribution in [3.05, 3.63) is 156 Å². The molecule has 7 rings (SSSR count). The van der Waals surface area contributed by atoms with Crippen LogP contribution in [0.2, 0.25) is 13.1 Å². The third-order valence-corrected chi connectivity index (χ3v) is 13.9. The lowest BCUT2D eigenvalue weighted by Crippen LogP contribution is -2.48. The number of hydrogen-bond acceptors (Lipinski definition) is 1. The summed E-state index contributed by atoms with van der Waals surface area (Å²) in [5, 5.41) is 3.74. The molecule has 6 aromatic carbocycles. The Hall–Kier alpha value is -4.66. The molecule has 0 atom stereocenters. The van der Waals surface area contributed by atoms with E-state index in [1.807, 2.05) is 6.08 Å². The Kier molecular flexibility index (Phi) is 8.00. The lowest BCUT2D eigenvalue weighted by atomic mass is 9.97. The molecule has 228 valence electrons. The molecule has 0 radical (unpaired) electrons. The van der Waals surface area contributed by atoms with Crippen molar-refractivity contribution in [3.8, 4) is 39.1 Å². The minimum atomic E-state index is -2.30. The fraction of sp³-hybridized carbons (Fsp3) is 0.182. The summed E-state index contributed by atoms with van der Waals surface area (Å²) >= 11 is 0. The molecule has 6 aromatic rings. The second-order valence-electron chi connectivity index (χ2n) is 13.1. The molecule has 1 aliphatic rings. The van der Waals surface area contributed by atoms with E-state index in [-0.39, 0.29) is 5.54 Å². The molecule has 1 nitrogen and oxygen atoms in total. The van der Waals surface area contributed by atoms with Crippen LogP contribution in [0.1, 0.15) is 41.6 Å². The average molecular weight is 615 g/mol. The van der Waals surface area contributed by atoms with Gasteiger partial charge >= 0.3 is 0 Å². The minimum absolute atomic E-state index is 0.259. The first kappa shape index (κ1) is 30.0. The smallest absolute Gasteiger partial charge is 0.126 e. The standard InChI is InChI=1S/C44H42OSi/c1-6-27-45-43-37-12-10-9-11-34(37)23-26-42(43)46(4,5)44-40-28-35(32-17-13-30(7-2)14-18-32)21-24-38(40)39-25-22-36(29-41(39)44)33-19-15-31(8-3)16-20-33/h6,9-26,28-29,44H,1,7-8,27H2,2-5H3. The van der Waals surface area contributed by atoms with Crippen LogP contribution in [0.3, 0.4) is 0 Å². The van der Waals surface area contributed by atoms with Gasteiger partial charge in [0.05, 0.1) is 8.07 Å². The van der Waals surface area contributed by atoms with Crippen LogP contribution < -0.4 is 9.92 Å². The Morgan fingerprint density at radius 1 is 0.630 bits per heavy atom. The van der Waals surface area contributed by atoms with Crippen LogP contribution in [0.5, 0.6) is 5.75 Å². The summed E-state index contributed by atoms with van der Waals surface area (Å²) in [5.41, 5.74) is 13.7. The minimum Gasteiger partial charge on any atom is -0.489 e. The van der Waals surface area contributed by atoms with Crippen LogP contribution in [0.4, 0.5) is 0 Å². The maximum atomic E-state index is 6.57. The van der Waals surface area contributed by atoms with Gasteiger partial charge < -0.3 is 4.74 Å². The number of aryl methyl sites for hydroxylation is 2. The zero-order valence-electron chi connectivity index (χ0n) is 27.4. The SMILES string of the molecule is C=CCOc1c([Si](C)(C)C2c3cc(-c4ccc(CC)cc4)ccc3-c3ccc(-c4ccc(CC)cc4)cc32)ccc2ccccc12. The number of benzene rings is 6. The molecule has 0 heterocycles. The van der Waals surface area contributed by atoms with Gasteiger partial charge in [-0.05, 0) is 79.0 Å². The monoisotopic (exact) mass is 614 g/mol. The van der Waals surface area contributed by atoms with E-state index in [1.165, 1.54) is 71.6 Å². The molecular formula is C44H42OSi. The van der Waals surface area contributed by atoms with Crippen molar-refractivity contribution in [1.29, 1.82) is 0 Å².